The highest BCUT2D eigenvalue weighted by Crippen LogP contribution is 2.29. The third-order valence-corrected chi connectivity index (χ3v) is 4.22. The van der Waals surface area contributed by atoms with E-state index in [2.05, 4.69) is 30.1 Å². The zero-order valence-electron chi connectivity index (χ0n) is 12.7. The quantitative estimate of drug-likeness (QED) is 0.879. The van der Waals surface area contributed by atoms with Crippen LogP contribution in [0.1, 0.15) is 32.3 Å². The summed E-state index contributed by atoms with van der Waals surface area (Å²) in [6, 6.07) is 6.46. The van der Waals surface area contributed by atoms with Gasteiger partial charge >= 0.3 is 0 Å². The Morgan fingerprint density at radius 1 is 1.43 bits per heavy atom. The van der Waals surface area contributed by atoms with Crippen LogP contribution in [-0.2, 0) is 11.3 Å². The summed E-state index contributed by atoms with van der Waals surface area (Å²) in [6.45, 7) is 6.78. The smallest absolute Gasteiger partial charge is 0.220 e. The molecular formula is C16H24ClN3O. The fraction of sp³-hybridized carbons (Fsp3) is 0.562. The van der Waals surface area contributed by atoms with E-state index < -0.39 is 0 Å². The van der Waals surface area contributed by atoms with E-state index in [1.807, 2.05) is 12.1 Å². The number of halogens is 1. The minimum Gasteiger partial charge on any atom is -0.371 e. The second kappa shape index (κ2) is 7.14. The van der Waals surface area contributed by atoms with Crippen molar-refractivity contribution >= 4 is 23.2 Å². The van der Waals surface area contributed by atoms with Gasteiger partial charge in [-0.15, -0.1) is 0 Å². The Hall–Kier alpha value is -1.26. The normalized spacial score (nSPS) is 16.5. The number of hydrogen-bond acceptors (Lipinski definition) is 3. The predicted molar refractivity (Wildman–Crippen MR) is 87.6 cm³/mol. The highest BCUT2D eigenvalue weighted by molar-refractivity contribution is 6.30. The zero-order valence-corrected chi connectivity index (χ0v) is 13.5. The first-order chi connectivity index (χ1) is 9.97. The molecule has 1 saturated heterocycles. The van der Waals surface area contributed by atoms with E-state index in [4.69, 9.17) is 17.3 Å². The summed E-state index contributed by atoms with van der Waals surface area (Å²) in [5, 5.41) is 4.19. The van der Waals surface area contributed by atoms with Gasteiger partial charge in [0, 0.05) is 42.3 Å². The number of nitrogens with zero attached hydrogens (tertiary/aromatic N) is 1. The molecule has 1 aromatic rings. The second-order valence-corrected chi connectivity index (χ2v) is 6.41. The van der Waals surface area contributed by atoms with Gasteiger partial charge in [-0.25, -0.2) is 0 Å². The molecule has 2 rings (SSSR count). The first kappa shape index (κ1) is 16.1. The lowest BCUT2D eigenvalue weighted by molar-refractivity contribution is -0.122. The van der Waals surface area contributed by atoms with E-state index in [0.29, 0.717) is 6.04 Å². The summed E-state index contributed by atoms with van der Waals surface area (Å²) >= 11 is 6.16. The van der Waals surface area contributed by atoms with Crippen molar-refractivity contribution in [3.05, 3.63) is 28.8 Å². The van der Waals surface area contributed by atoms with E-state index >= 15 is 0 Å². The number of nitrogens with one attached hydrogen (secondary N) is 1. The van der Waals surface area contributed by atoms with Crippen LogP contribution < -0.4 is 16.0 Å². The number of anilines is 1. The molecule has 0 atom stereocenters. The highest BCUT2D eigenvalue weighted by atomic mass is 35.5. The van der Waals surface area contributed by atoms with Crippen LogP contribution in [0.3, 0.4) is 0 Å². The fourth-order valence-corrected chi connectivity index (χ4v) is 2.87. The van der Waals surface area contributed by atoms with Crippen LogP contribution in [-0.4, -0.2) is 25.0 Å². The molecule has 21 heavy (non-hydrogen) atoms. The van der Waals surface area contributed by atoms with Crippen molar-refractivity contribution in [2.75, 3.05) is 18.0 Å². The van der Waals surface area contributed by atoms with Crippen molar-refractivity contribution in [3.63, 3.8) is 0 Å². The number of nitrogens with two attached hydrogens (primary N) is 1. The molecule has 1 amide bonds. The van der Waals surface area contributed by atoms with E-state index in [-0.39, 0.29) is 11.8 Å². The lowest BCUT2D eigenvalue weighted by Crippen LogP contribution is -2.39. The Balaban J connectivity index is 2.11. The Bertz CT molecular complexity index is 496. The Labute approximate surface area is 131 Å². The SMILES string of the molecule is CC(C)NCc1ccc(Cl)cc1N1CCC(C(N)=O)CC1. The van der Waals surface area contributed by atoms with Crippen molar-refractivity contribution in [1.29, 1.82) is 0 Å². The largest absolute Gasteiger partial charge is 0.371 e. The van der Waals surface area contributed by atoms with E-state index in [9.17, 15) is 4.79 Å². The number of benzene rings is 1. The van der Waals surface area contributed by atoms with E-state index in [1.165, 1.54) is 11.3 Å². The van der Waals surface area contributed by atoms with Gasteiger partial charge in [-0.05, 0) is 30.5 Å². The molecule has 1 aromatic carbocycles. The summed E-state index contributed by atoms with van der Waals surface area (Å²) in [5.74, 6) is -0.167. The summed E-state index contributed by atoms with van der Waals surface area (Å²) < 4.78 is 0. The van der Waals surface area contributed by atoms with Gasteiger partial charge in [-0.3, -0.25) is 4.79 Å². The van der Waals surface area contributed by atoms with Gasteiger partial charge in [0.15, 0.2) is 0 Å². The van der Waals surface area contributed by atoms with Gasteiger partial charge in [-0.2, -0.15) is 0 Å². The molecule has 1 aliphatic heterocycles. The van der Waals surface area contributed by atoms with Crippen LogP contribution in [0.5, 0.6) is 0 Å². The Morgan fingerprint density at radius 3 is 2.67 bits per heavy atom. The maximum Gasteiger partial charge on any atom is 0.220 e. The molecule has 1 aliphatic rings. The zero-order chi connectivity index (χ0) is 15.4. The van der Waals surface area contributed by atoms with Gasteiger partial charge in [0.1, 0.15) is 0 Å². The van der Waals surface area contributed by atoms with Gasteiger partial charge in [0.05, 0.1) is 0 Å². The van der Waals surface area contributed by atoms with Crippen molar-refractivity contribution in [2.45, 2.75) is 39.3 Å². The average Bonchev–Trinajstić information content (AvgIpc) is 2.46. The van der Waals surface area contributed by atoms with Crippen LogP contribution in [0, 0.1) is 5.92 Å². The van der Waals surface area contributed by atoms with Crippen molar-refractivity contribution in [2.24, 2.45) is 11.7 Å². The van der Waals surface area contributed by atoms with Crippen molar-refractivity contribution < 1.29 is 4.79 Å². The first-order valence-electron chi connectivity index (χ1n) is 7.53. The maximum absolute atomic E-state index is 11.3. The van der Waals surface area contributed by atoms with Crippen LogP contribution in [0.25, 0.3) is 0 Å². The molecule has 0 spiro atoms. The standard InChI is InChI=1S/C16H24ClN3O/c1-11(2)19-10-13-3-4-14(17)9-15(13)20-7-5-12(6-8-20)16(18)21/h3-4,9,11-12,19H,5-8,10H2,1-2H3,(H2,18,21). The van der Waals surface area contributed by atoms with Crippen molar-refractivity contribution in [1.82, 2.24) is 5.32 Å². The Morgan fingerprint density at radius 2 is 2.10 bits per heavy atom. The summed E-state index contributed by atoms with van der Waals surface area (Å²) in [4.78, 5) is 13.6. The number of primary amides is 1. The molecule has 1 fully saturated rings. The van der Waals surface area contributed by atoms with Gasteiger partial charge in [-0.1, -0.05) is 31.5 Å². The van der Waals surface area contributed by atoms with Crippen LogP contribution in [0.2, 0.25) is 5.02 Å². The molecular weight excluding hydrogens is 286 g/mol. The molecule has 0 radical (unpaired) electrons. The number of piperidine rings is 1. The number of carbonyl (C=O) groups is 1. The third kappa shape index (κ3) is 4.35. The van der Waals surface area contributed by atoms with Crippen LogP contribution in [0.4, 0.5) is 5.69 Å². The molecule has 0 unspecified atom stereocenters. The summed E-state index contributed by atoms with van der Waals surface area (Å²) in [7, 11) is 0. The van der Waals surface area contributed by atoms with E-state index in [1.54, 1.807) is 0 Å². The van der Waals surface area contributed by atoms with Gasteiger partial charge in [0.2, 0.25) is 5.91 Å². The topological polar surface area (TPSA) is 58.4 Å². The highest BCUT2D eigenvalue weighted by Gasteiger charge is 2.24. The molecule has 5 heteroatoms. The third-order valence-electron chi connectivity index (χ3n) is 3.99. The number of amides is 1. The monoisotopic (exact) mass is 309 g/mol. The second-order valence-electron chi connectivity index (χ2n) is 5.97. The number of hydrogen-bond donors (Lipinski definition) is 2. The first-order valence-corrected chi connectivity index (χ1v) is 7.91. The lowest BCUT2D eigenvalue weighted by atomic mass is 9.95. The average molecular weight is 310 g/mol. The molecule has 4 nitrogen and oxygen atoms in total. The molecule has 0 aromatic heterocycles. The summed E-state index contributed by atoms with van der Waals surface area (Å²) in [6.07, 6.45) is 1.64. The van der Waals surface area contributed by atoms with Crippen LogP contribution in [0.15, 0.2) is 18.2 Å². The molecule has 0 bridgehead atoms. The Kier molecular flexibility index (Phi) is 5.48. The van der Waals surface area contributed by atoms with Crippen molar-refractivity contribution in [3.8, 4) is 0 Å². The lowest BCUT2D eigenvalue weighted by Gasteiger charge is -2.34. The molecule has 1 heterocycles. The van der Waals surface area contributed by atoms with Gasteiger partial charge < -0.3 is 16.0 Å². The molecule has 0 saturated carbocycles. The fourth-order valence-electron chi connectivity index (χ4n) is 2.70. The minimum atomic E-state index is -0.178. The number of carbonyl (C=O) groups excluding carboxylic acids is 1. The predicted octanol–water partition coefficient (Wildman–Crippen LogP) is 2.54. The minimum absolute atomic E-state index is 0.0117. The molecule has 3 N–H and O–H groups in total. The van der Waals surface area contributed by atoms with Crippen LogP contribution >= 0.6 is 11.6 Å². The van der Waals surface area contributed by atoms with E-state index in [0.717, 1.165) is 37.5 Å². The molecule has 0 aliphatic carbocycles. The number of rotatable bonds is 5. The maximum atomic E-state index is 11.3. The van der Waals surface area contributed by atoms with Gasteiger partial charge in [0.25, 0.3) is 0 Å². The molecule has 116 valence electrons. The summed E-state index contributed by atoms with van der Waals surface area (Å²) in [5.41, 5.74) is 7.80.